The van der Waals surface area contributed by atoms with Gasteiger partial charge in [-0.25, -0.2) is 4.98 Å². The SMILES string of the molecule is CCCc1nc(S/C(=C\c2c3ccccc3cc3ccccc23)C(=O)[O-])n[nH]1. The molecule has 0 saturated heterocycles. The summed E-state index contributed by atoms with van der Waals surface area (Å²) in [4.78, 5) is 16.3. The van der Waals surface area contributed by atoms with Gasteiger partial charge in [-0.15, -0.1) is 5.10 Å². The second-order valence-electron chi connectivity index (χ2n) is 6.45. The molecule has 0 unspecified atom stereocenters. The van der Waals surface area contributed by atoms with Gasteiger partial charge in [-0.1, -0.05) is 55.5 Å². The van der Waals surface area contributed by atoms with Gasteiger partial charge in [0, 0.05) is 11.3 Å². The van der Waals surface area contributed by atoms with E-state index in [-0.39, 0.29) is 4.91 Å². The van der Waals surface area contributed by atoms with Crippen LogP contribution in [-0.2, 0) is 11.2 Å². The monoisotopic (exact) mass is 388 g/mol. The molecule has 1 heterocycles. The Morgan fingerprint density at radius 1 is 1.11 bits per heavy atom. The van der Waals surface area contributed by atoms with Crippen LogP contribution in [0.3, 0.4) is 0 Å². The van der Waals surface area contributed by atoms with Crippen molar-refractivity contribution < 1.29 is 9.90 Å². The number of fused-ring (bicyclic) bond motifs is 2. The predicted molar refractivity (Wildman–Crippen MR) is 111 cm³/mol. The number of aromatic nitrogens is 3. The van der Waals surface area contributed by atoms with Crippen LogP contribution in [0.4, 0.5) is 0 Å². The molecule has 4 rings (SSSR count). The number of benzene rings is 3. The average molecular weight is 388 g/mol. The van der Waals surface area contributed by atoms with E-state index < -0.39 is 5.97 Å². The summed E-state index contributed by atoms with van der Waals surface area (Å²) in [5.41, 5.74) is 0.852. The Labute approximate surface area is 166 Å². The number of nitrogens with zero attached hydrogens (tertiary/aromatic N) is 2. The van der Waals surface area contributed by atoms with Gasteiger partial charge >= 0.3 is 0 Å². The van der Waals surface area contributed by atoms with Gasteiger partial charge in [0.1, 0.15) is 5.82 Å². The molecule has 1 aromatic heterocycles. The highest BCUT2D eigenvalue weighted by Gasteiger charge is 2.11. The highest BCUT2D eigenvalue weighted by atomic mass is 32.2. The smallest absolute Gasteiger partial charge is 0.213 e. The summed E-state index contributed by atoms with van der Waals surface area (Å²) >= 11 is 1.00. The molecular formula is C22H18N3O2S-. The van der Waals surface area contributed by atoms with E-state index in [9.17, 15) is 9.90 Å². The number of thioether (sulfide) groups is 1. The molecule has 6 heteroatoms. The maximum absolute atomic E-state index is 11.8. The summed E-state index contributed by atoms with van der Waals surface area (Å²) in [6.07, 6.45) is 3.37. The summed E-state index contributed by atoms with van der Waals surface area (Å²) in [5, 5.41) is 23.3. The minimum atomic E-state index is -1.25. The van der Waals surface area contributed by atoms with E-state index in [0.717, 1.165) is 57.5 Å². The van der Waals surface area contributed by atoms with Crippen molar-refractivity contribution in [3.8, 4) is 0 Å². The molecule has 1 N–H and O–H groups in total. The number of nitrogens with one attached hydrogen (secondary N) is 1. The van der Waals surface area contributed by atoms with E-state index >= 15 is 0 Å². The zero-order valence-electron chi connectivity index (χ0n) is 15.3. The summed E-state index contributed by atoms with van der Waals surface area (Å²) in [5.74, 6) is -0.498. The Kier molecular flexibility index (Phi) is 5.12. The highest BCUT2D eigenvalue weighted by molar-refractivity contribution is 8.04. The average Bonchev–Trinajstić information content (AvgIpc) is 3.14. The molecule has 5 nitrogen and oxygen atoms in total. The lowest BCUT2D eigenvalue weighted by Gasteiger charge is -2.11. The molecule has 0 fully saturated rings. The topological polar surface area (TPSA) is 81.7 Å². The molecule has 28 heavy (non-hydrogen) atoms. The van der Waals surface area contributed by atoms with Gasteiger partial charge in [0.25, 0.3) is 0 Å². The van der Waals surface area contributed by atoms with Crippen molar-refractivity contribution >= 4 is 45.4 Å². The molecule has 3 aromatic carbocycles. The van der Waals surface area contributed by atoms with Crippen molar-refractivity contribution in [3.05, 3.63) is 70.9 Å². The van der Waals surface area contributed by atoms with Crippen LogP contribution in [0.5, 0.6) is 0 Å². The molecule has 0 aliphatic heterocycles. The van der Waals surface area contributed by atoms with Gasteiger partial charge in [0.05, 0.1) is 5.97 Å². The van der Waals surface area contributed by atoms with E-state index in [0.29, 0.717) is 5.16 Å². The van der Waals surface area contributed by atoms with Crippen LogP contribution in [0.2, 0.25) is 0 Å². The lowest BCUT2D eigenvalue weighted by Crippen LogP contribution is -2.23. The van der Waals surface area contributed by atoms with Crippen molar-refractivity contribution in [3.63, 3.8) is 0 Å². The summed E-state index contributed by atoms with van der Waals surface area (Å²) in [6, 6.07) is 18.0. The van der Waals surface area contributed by atoms with Crippen molar-refractivity contribution in [2.45, 2.75) is 24.9 Å². The van der Waals surface area contributed by atoms with Gasteiger partial charge in [0.15, 0.2) is 0 Å². The van der Waals surface area contributed by atoms with E-state index in [1.807, 2.05) is 55.5 Å². The number of hydrogen-bond acceptors (Lipinski definition) is 5. The molecule has 0 atom stereocenters. The first-order valence-corrected chi connectivity index (χ1v) is 9.90. The Bertz CT molecular complexity index is 1140. The first-order chi connectivity index (χ1) is 13.7. The van der Waals surface area contributed by atoms with Crippen LogP contribution in [0.25, 0.3) is 27.6 Å². The fourth-order valence-corrected chi connectivity index (χ4v) is 3.94. The molecule has 0 spiro atoms. The number of aliphatic carboxylic acids is 1. The Balaban J connectivity index is 1.85. The zero-order chi connectivity index (χ0) is 19.5. The molecule has 0 radical (unpaired) electrons. The van der Waals surface area contributed by atoms with Crippen LogP contribution in [0.1, 0.15) is 24.7 Å². The van der Waals surface area contributed by atoms with Gasteiger partial charge in [-0.05, 0) is 57.4 Å². The van der Waals surface area contributed by atoms with E-state index in [4.69, 9.17) is 0 Å². The quantitative estimate of drug-likeness (QED) is 0.307. The van der Waals surface area contributed by atoms with E-state index in [2.05, 4.69) is 21.2 Å². The van der Waals surface area contributed by atoms with E-state index in [1.54, 1.807) is 6.08 Å². The van der Waals surface area contributed by atoms with Crippen molar-refractivity contribution in [1.29, 1.82) is 0 Å². The van der Waals surface area contributed by atoms with Crippen molar-refractivity contribution in [2.24, 2.45) is 0 Å². The molecule has 0 aliphatic carbocycles. The van der Waals surface area contributed by atoms with Crippen LogP contribution in [0, 0.1) is 0 Å². The molecule has 0 amide bonds. The molecule has 0 aliphatic rings. The summed E-state index contributed by atoms with van der Waals surface area (Å²) < 4.78 is 0. The normalized spacial score (nSPS) is 12.0. The van der Waals surface area contributed by atoms with E-state index in [1.165, 1.54) is 0 Å². The number of aryl methyl sites for hydroxylation is 1. The number of carbonyl (C=O) groups excluding carboxylic acids is 1. The van der Waals surface area contributed by atoms with Gasteiger partial charge in [-0.2, -0.15) is 0 Å². The lowest BCUT2D eigenvalue weighted by molar-refractivity contribution is -0.297. The molecule has 140 valence electrons. The van der Waals surface area contributed by atoms with Crippen LogP contribution < -0.4 is 5.11 Å². The second kappa shape index (κ2) is 7.86. The largest absolute Gasteiger partial charge is 0.544 e. The third kappa shape index (κ3) is 3.64. The number of carbonyl (C=O) groups is 1. The maximum atomic E-state index is 11.8. The fourth-order valence-electron chi connectivity index (χ4n) is 3.24. The Morgan fingerprint density at radius 2 is 1.75 bits per heavy atom. The number of hydrogen-bond donors (Lipinski definition) is 1. The molecule has 0 saturated carbocycles. The Morgan fingerprint density at radius 3 is 2.36 bits per heavy atom. The number of carboxylic acids is 1. The summed E-state index contributed by atoms with van der Waals surface area (Å²) in [7, 11) is 0. The standard InChI is InChI=1S/C22H19N3O2S/c1-2-7-20-23-22(25-24-20)28-19(21(26)27)13-18-16-10-5-3-8-14(16)12-15-9-4-6-11-17(15)18/h3-6,8-13H,2,7H2,1H3,(H,26,27)(H,23,24,25)/p-1/b19-13-. The molecule has 0 bridgehead atoms. The number of rotatable bonds is 6. The first kappa shape index (κ1) is 18.3. The fraction of sp³-hybridized carbons (Fsp3) is 0.136. The minimum absolute atomic E-state index is 0.0727. The van der Waals surface area contributed by atoms with Gasteiger partial charge < -0.3 is 9.90 Å². The number of H-pyrrole nitrogens is 1. The lowest BCUT2D eigenvalue weighted by atomic mass is 9.96. The third-order valence-corrected chi connectivity index (χ3v) is 5.36. The molecule has 4 aromatic rings. The van der Waals surface area contributed by atoms with Crippen LogP contribution in [0.15, 0.2) is 64.7 Å². The van der Waals surface area contributed by atoms with Crippen molar-refractivity contribution in [1.82, 2.24) is 15.2 Å². The van der Waals surface area contributed by atoms with Crippen molar-refractivity contribution in [2.75, 3.05) is 0 Å². The first-order valence-electron chi connectivity index (χ1n) is 9.08. The van der Waals surface area contributed by atoms with Crippen LogP contribution in [-0.4, -0.2) is 21.2 Å². The molecular weight excluding hydrogens is 370 g/mol. The highest BCUT2D eigenvalue weighted by Crippen LogP contribution is 2.33. The maximum Gasteiger partial charge on any atom is 0.213 e. The van der Waals surface area contributed by atoms with Gasteiger partial charge in [-0.3, -0.25) is 5.10 Å². The third-order valence-electron chi connectivity index (χ3n) is 4.49. The number of aromatic amines is 1. The van der Waals surface area contributed by atoms with Crippen LogP contribution >= 0.6 is 11.8 Å². The Hall–Kier alpha value is -3.12. The van der Waals surface area contributed by atoms with Gasteiger partial charge in [0.2, 0.25) is 5.16 Å². The zero-order valence-corrected chi connectivity index (χ0v) is 16.1. The number of carboxylic acid groups (broad SMARTS) is 1. The summed E-state index contributed by atoms with van der Waals surface area (Å²) in [6.45, 7) is 2.05. The predicted octanol–water partition coefficient (Wildman–Crippen LogP) is 3.95. The minimum Gasteiger partial charge on any atom is -0.544 e. The second-order valence-corrected chi connectivity index (χ2v) is 7.45.